The molecule has 1 aromatic heterocycles. The van der Waals surface area contributed by atoms with Gasteiger partial charge in [0.25, 0.3) is 0 Å². The van der Waals surface area contributed by atoms with Gasteiger partial charge in [0.2, 0.25) is 0 Å². The van der Waals surface area contributed by atoms with Crippen LogP contribution in [0.1, 0.15) is 30.9 Å². The van der Waals surface area contributed by atoms with Crippen LogP contribution >= 0.6 is 0 Å². The van der Waals surface area contributed by atoms with Crippen molar-refractivity contribution in [1.29, 1.82) is 0 Å². The van der Waals surface area contributed by atoms with Gasteiger partial charge in [-0.1, -0.05) is 24.6 Å². The first kappa shape index (κ1) is 9.91. The molecular formula is C14H18N2. The third-order valence-corrected chi connectivity index (χ3v) is 3.61. The van der Waals surface area contributed by atoms with Crippen LogP contribution in [0.2, 0.25) is 0 Å². The lowest BCUT2D eigenvalue weighted by Crippen LogP contribution is -2.26. The molecule has 1 saturated heterocycles. The van der Waals surface area contributed by atoms with Crippen LogP contribution in [0.4, 0.5) is 0 Å². The second-order valence-corrected chi connectivity index (χ2v) is 4.71. The normalized spacial score (nSPS) is 21.4. The molecule has 0 aliphatic carbocycles. The number of hydrogen-bond donors (Lipinski definition) is 1. The van der Waals surface area contributed by atoms with Gasteiger partial charge in [-0.05, 0) is 31.0 Å². The average Bonchev–Trinajstić information content (AvgIpc) is 2.69. The number of piperidine rings is 1. The molecule has 1 aromatic carbocycles. The zero-order valence-corrected chi connectivity index (χ0v) is 9.74. The van der Waals surface area contributed by atoms with Crippen molar-refractivity contribution in [2.24, 2.45) is 7.05 Å². The summed E-state index contributed by atoms with van der Waals surface area (Å²) in [5, 5.41) is 5.03. The number of aryl methyl sites for hydroxylation is 1. The first-order chi connectivity index (χ1) is 7.86. The standard InChI is InChI=1S/C14H18N2/c1-16-10-12(13-7-4-5-9-15-13)11-6-2-3-8-14(11)16/h2-3,6,8,10,13,15H,4-5,7,9H2,1H3/t13-/m1/s1. The molecule has 0 unspecified atom stereocenters. The third-order valence-electron chi connectivity index (χ3n) is 3.61. The Bertz CT molecular complexity index is 492. The zero-order chi connectivity index (χ0) is 11.0. The van der Waals surface area contributed by atoms with Gasteiger partial charge in [0.05, 0.1) is 0 Å². The number of aromatic nitrogens is 1. The van der Waals surface area contributed by atoms with E-state index in [2.05, 4.69) is 47.4 Å². The number of rotatable bonds is 1. The van der Waals surface area contributed by atoms with Crippen molar-refractivity contribution < 1.29 is 0 Å². The van der Waals surface area contributed by atoms with Crippen molar-refractivity contribution in [2.45, 2.75) is 25.3 Å². The van der Waals surface area contributed by atoms with E-state index >= 15 is 0 Å². The molecule has 1 N–H and O–H groups in total. The van der Waals surface area contributed by atoms with Crippen LogP contribution in [-0.4, -0.2) is 11.1 Å². The summed E-state index contributed by atoms with van der Waals surface area (Å²) in [5.74, 6) is 0. The molecule has 2 aromatic rings. The third kappa shape index (κ3) is 1.54. The number of nitrogens with one attached hydrogen (secondary N) is 1. The fourth-order valence-electron chi connectivity index (χ4n) is 2.77. The van der Waals surface area contributed by atoms with E-state index in [-0.39, 0.29) is 0 Å². The van der Waals surface area contributed by atoms with Gasteiger partial charge in [-0.25, -0.2) is 0 Å². The summed E-state index contributed by atoms with van der Waals surface area (Å²) in [4.78, 5) is 0. The van der Waals surface area contributed by atoms with Crippen LogP contribution in [-0.2, 0) is 7.05 Å². The maximum absolute atomic E-state index is 3.63. The van der Waals surface area contributed by atoms with Crippen LogP contribution < -0.4 is 5.32 Å². The summed E-state index contributed by atoms with van der Waals surface area (Å²) < 4.78 is 2.24. The van der Waals surface area contributed by atoms with Crippen LogP contribution in [0.3, 0.4) is 0 Å². The summed E-state index contributed by atoms with van der Waals surface area (Å²) in [7, 11) is 2.13. The number of hydrogen-bond acceptors (Lipinski definition) is 1. The summed E-state index contributed by atoms with van der Waals surface area (Å²) in [5.41, 5.74) is 2.81. The first-order valence-electron chi connectivity index (χ1n) is 6.13. The van der Waals surface area contributed by atoms with Crippen molar-refractivity contribution in [3.05, 3.63) is 36.0 Å². The van der Waals surface area contributed by atoms with Crippen LogP contribution in [0, 0.1) is 0 Å². The highest BCUT2D eigenvalue weighted by atomic mass is 15.0. The molecule has 0 spiro atoms. The van der Waals surface area contributed by atoms with Gasteiger partial charge >= 0.3 is 0 Å². The lowest BCUT2D eigenvalue weighted by Gasteiger charge is -2.23. The lowest BCUT2D eigenvalue weighted by atomic mass is 9.97. The van der Waals surface area contributed by atoms with E-state index in [9.17, 15) is 0 Å². The molecule has 1 fully saturated rings. The second-order valence-electron chi connectivity index (χ2n) is 4.71. The van der Waals surface area contributed by atoms with E-state index < -0.39 is 0 Å². The van der Waals surface area contributed by atoms with Gasteiger partial charge < -0.3 is 9.88 Å². The van der Waals surface area contributed by atoms with Crippen molar-refractivity contribution in [2.75, 3.05) is 6.54 Å². The Kier molecular flexibility index (Phi) is 2.44. The monoisotopic (exact) mass is 214 g/mol. The fraction of sp³-hybridized carbons (Fsp3) is 0.429. The van der Waals surface area contributed by atoms with Gasteiger partial charge in [0.15, 0.2) is 0 Å². The largest absolute Gasteiger partial charge is 0.350 e. The van der Waals surface area contributed by atoms with Crippen LogP contribution in [0.5, 0.6) is 0 Å². The fourth-order valence-corrected chi connectivity index (χ4v) is 2.77. The van der Waals surface area contributed by atoms with E-state index in [1.807, 2.05) is 0 Å². The zero-order valence-electron chi connectivity index (χ0n) is 9.74. The van der Waals surface area contributed by atoms with Gasteiger partial charge in [0, 0.05) is 30.2 Å². The van der Waals surface area contributed by atoms with E-state index in [0.717, 1.165) is 6.54 Å². The predicted molar refractivity (Wildman–Crippen MR) is 67.5 cm³/mol. The predicted octanol–water partition coefficient (Wildman–Crippen LogP) is 2.99. The summed E-state index contributed by atoms with van der Waals surface area (Å²) in [6, 6.07) is 9.23. The van der Waals surface area contributed by atoms with E-state index in [1.165, 1.54) is 35.7 Å². The Balaban J connectivity index is 2.08. The van der Waals surface area contributed by atoms with E-state index in [4.69, 9.17) is 0 Å². The maximum Gasteiger partial charge on any atom is 0.0481 e. The highest BCUT2D eigenvalue weighted by Crippen LogP contribution is 2.30. The van der Waals surface area contributed by atoms with Crippen molar-refractivity contribution in [3.63, 3.8) is 0 Å². The SMILES string of the molecule is Cn1cc([C@H]2CCCCN2)c2ccccc21. The molecule has 2 heteroatoms. The molecule has 1 aliphatic rings. The maximum atomic E-state index is 3.63. The van der Waals surface area contributed by atoms with Crippen molar-refractivity contribution in [1.82, 2.24) is 9.88 Å². The molecule has 0 amide bonds. The Hall–Kier alpha value is -1.28. The molecule has 16 heavy (non-hydrogen) atoms. The second kappa shape index (κ2) is 3.95. The number of para-hydroxylation sites is 1. The molecule has 2 nitrogen and oxygen atoms in total. The molecule has 2 heterocycles. The number of fused-ring (bicyclic) bond motifs is 1. The minimum absolute atomic E-state index is 0.555. The van der Waals surface area contributed by atoms with Gasteiger partial charge in [-0.3, -0.25) is 0 Å². The van der Waals surface area contributed by atoms with E-state index in [1.54, 1.807) is 0 Å². The molecule has 1 atom stereocenters. The molecule has 0 saturated carbocycles. The average molecular weight is 214 g/mol. The smallest absolute Gasteiger partial charge is 0.0481 e. The minimum atomic E-state index is 0.555. The summed E-state index contributed by atoms with van der Waals surface area (Å²) in [6.07, 6.45) is 6.23. The summed E-state index contributed by atoms with van der Waals surface area (Å²) in [6.45, 7) is 1.16. The quantitative estimate of drug-likeness (QED) is 0.772. The minimum Gasteiger partial charge on any atom is -0.350 e. The van der Waals surface area contributed by atoms with E-state index in [0.29, 0.717) is 6.04 Å². The highest BCUT2D eigenvalue weighted by Gasteiger charge is 2.18. The Labute approximate surface area is 96.3 Å². The molecule has 3 rings (SSSR count). The molecule has 1 aliphatic heterocycles. The van der Waals surface area contributed by atoms with Crippen molar-refractivity contribution in [3.8, 4) is 0 Å². The Morgan fingerprint density at radius 3 is 2.94 bits per heavy atom. The van der Waals surface area contributed by atoms with Gasteiger partial charge in [0.1, 0.15) is 0 Å². The topological polar surface area (TPSA) is 17.0 Å². The number of benzene rings is 1. The number of nitrogens with zero attached hydrogens (tertiary/aromatic N) is 1. The Morgan fingerprint density at radius 2 is 2.12 bits per heavy atom. The first-order valence-corrected chi connectivity index (χ1v) is 6.13. The van der Waals surface area contributed by atoms with Gasteiger partial charge in [-0.2, -0.15) is 0 Å². The molecule has 0 radical (unpaired) electrons. The molecular weight excluding hydrogens is 196 g/mol. The summed E-state index contributed by atoms with van der Waals surface area (Å²) >= 11 is 0. The van der Waals surface area contributed by atoms with Crippen LogP contribution in [0.25, 0.3) is 10.9 Å². The molecule has 84 valence electrons. The molecule has 0 bridgehead atoms. The highest BCUT2D eigenvalue weighted by molar-refractivity contribution is 5.84. The van der Waals surface area contributed by atoms with Crippen molar-refractivity contribution >= 4 is 10.9 Å². The van der Waals surface area contributed by atoms with Gasteiger partial charge in [-0.15, -0.1) is 0 Å². The van der Waals surface area contributed by atoms with Crippen LogP contribution in [0.15, 0.2) is 30.5 Å². The Morgan fingerprint density at radius 1 is 1.25 bits per heavy atom. The lowest BCUT2D eigenvalue weighted by molar-refractivity contribution is 0.414.